The van der Waals surface area contributed by atoms with Crippen molar-refractivity contribution in [3.63, 3.8) is 0 Å². The van der Waals surface area contributed by atoms with E-state index in [-0.39, 0.29) is 24.3 Å². The first kappa shape index (κ1) is 18.0. The number of methoxy groups -OCH3 is 2. The average molecular weight is 356 g/mol. The van der Waals surface area contributed by atoms with E-state index in [0.29, 0.717) is 12.2 Å². The van der Waals surface area contributed by atoms with E-state index in [1.54, 1.807) is 21.3 Å². The van der Waals surface area contributed by atoms with Crippen LogP contribution in [0.5, 0.6) is 11.5 Å². The molecule has 2 N–H and O–H groups in total. The van der Waals surface area contributed by atoms with Crippen LogP contribution in [0.3, 0.4) is 0 Å². The fourth-order valence-corrected chi connectivity index (χ4v) is 3.31. The number of aliphatic imine (C=N–C) groups is 1. The minimum Gasteiger partial charge on any atom is -0.497 e. The van der Waals surface area contributed by atoms with E-state index < -0.39 is 5.54 Å². The van der Waals surface area contributed by atoms with Crippen molar-refractivity contribution in [2.75, 3.05) is 21.3 Å². The predicted octanol–water partition coefficient (Wildman–Crippen LogP) is 1.97. The van der Waals surface area contributed by atoms with Crippen LogP contribution < -0.4 is 14.8 Å². The zero-order chi connectivity index (χ0) is 18.9. The third-order valence-electron chi connectivity index (χ3n) is 4.98. The third kappa shape index (κ3) is 3.16. The molecule has 3 rings (SSSR count). The molecule has 0 spiro atoms. The van der Waals surface area contributed by atoms with E-state index in [9.17, 15) is 4.79 Å². The number of carbonyl (C=O) groups is 1. The van der Waals surface area contributed by atoms with E-state index in [1.165, 1.54) is 4.90 Å². The Bertz CT molecular complexity index is 782. The first-order valence-corrected chi connectivity index (χ1v) is 8.48. The lowest BCUT2D eigenvalue weighted by atomic mass is 9.83. The number of amides is 1. The van der Waals surface area contributed by atoms with Crippen molar-refractivity contribution in [1.29, 1.82) is 5.41 Å². The molecule has 2 heterocycles. The molecular formula is C19H24N4O3. The SMILES string of the molecule is COc1ccc(OC)c(C2=NC([C@]3(C)CC(=O)N(C)C(=N)N3)CC=C2)c1. The monoisotopic (exact) mass is 356 g/mol. The summed E-state index contributed by atoms with van der Waals surface area (Å²) in [5, 5.41) is 11.2. The Hall–Kier alpha value is -2.83. The summed E-state index contributed by atoms with van der Waals surface area (Å²) < 4.78 is 10.8. The summed E-state index contributed by atoms with van der Waals surface area (Å²) in [7, 11) is 4.84. The molecule has 1 aromatic rings. The summed E-state index contributed by atoms with van der Waals surface area (Å²) in [5.74, 6) is 1.45. The van der Waals surface area contributed by atoms with Crippen LogP contribution in [-0.4, -0.2) is 55.3 Å². The van der Waals surface area contributed by atoms with Gasteiger partial charge < -0.3 is 14.8 Å². The minimum absolute atomic E-state index is 0.0819. The molecular weight excluding hydrogens is 332 g/mol. The number of nitrogens with one attached hydrogen (secondary N) is 2. The van der Waals surface area contributed by atoms with Crippen LogP contribution in [0.1, 0.15) is 25.3 Å². The highest BCUT2D eigenvalue weighted by molar-refractivity contribution is 6.11. The number of allylic oxidation sites excluding steroid dienone is 1. The molecule has 1 amide bonds. The minimum atomic E-state index is -0.608. The molecule has 0 aromatic heterocycles. The highest BCUT2D eigenvalue weighted by Crippen LogP contribution is 2.31. The lowest BCUT2D eigenvalue weighted by molar-refractivity contribution is -0.129. The van der Waals surface area contributed by atoms with Gasteiger partial charge in [-0.2, -0.15) is 0 Å². The van der Waals surface area contributed by atoms with Crippen LogP contribution in [0.15, 0.2) is 35.3 Å². The topological polar surface area (TPSA) is 87.0 Å². The van der Waals surface area contributed by atoms with Gasteiger partial charge in [-0.05, 0) is 37.6 Å². The third-order valence-corrected chi connectivity index (χ3v) is 4.98. The molecule has 1 unspecified atom stereocenters. The maximum atomic E-state index is 12.2. The summed E-state index contributed by atoms with van der Waals surface area (Å²) >= 11 is 0. The summed E-state index contributed by atoms with van der Waals surface area (Å²) in [6.45, 7) is 1.94. The molecule has 1 aromatic carbocycles. The van der Waals surface area contributed by atoms with Gasteiger partial charge in [0, 0.05) is 12.6 Å². The number of carbonyl (C=O) groups excluding carboxylic acids is 1. The zero-order valence-corrected chi connectivity index (χ0v) is 15.5. The largest absolute Gasteiger partial charge is 0.497 e. The summed E-state index contributed by atoms with van der Waals surface area (Å²) in [6.07, 6.45) is 4.99. The van der Waals surface area contributed by atoms with Crippen LogP contribution in [-0.2, 0) is 4.79 Å². The molecule has 0 saturated carbocycles. The van der Waals surface area contributed by atoms with Gasteiger partial charge in [0.2, 0.25) is 5.91 Å². The Labute approximate surface area is 153 Å². The number of ether oxygens (including phenoxy) is 2. The van der Waals surface area contributed by atoms with Crippen molar-refractivity contribution >= 4 is 17.6 Å². The number of hydrogen-bond donors (Lipinski definition) is 2. The Morgan fingerprint density at radius 2 is 2.12 bits per heavy atom. The van der Waals surface area contributed by atoms with E-state index in [1.807, 2.05) is 37.3 Å². The molecule has 0 bridgehead atoms. The van der Waals surface area contributed by atoms with Crippen molar-refractivity contribution in [1.82, 2.24) is 10.2 Å². The van der Waals surface area contributed by atoms with Gasteiger partial charge in [-0.25, -0.2) is 0 Å². The molecule has 1 fully saturated rings. The van der Waals surface area contributed by atoms with Gasteiger partial charge in [0.25, 0.3) is 0 Å². The lowest BCUT2D eigenvalue weighted by Gasteiger charge is -2.43. The lowest BCUT2D eigenvalue weighted by Crippen LogP contribution is -2.64. The van der Waals surface area contributed by atoms with Gasteiger partial charge in [0.15, 0.2) is 5.96 Å². The highest BCUT2D eigenvalue weighted by atomic mass is 16.5. The number of dihydropyridines is 1. The van der Waals surface area contributed by atoms with Crippen LogP contribution in [0.2, 0.25) is 0 Å². The molecule has 0 aliphatic carbocycles. The number of hydrogen-bond acceptors (Lipinski definition) is 5. The molecule has 0 radical (unpaired) electrons. The molecule has 7 heteroatoms. The van der Waals surface area contributed by atoms with E-state index in [4.69, 9.17) is 19.9 Å². The maximum absolute atomic E-state index is 12.2. The second-order valence-corrected chi connectivity index (χ2v) is 6.76. The first-order valence-electron chi connectivity index (χ1n) is 8.48. The van der Waals surface area contributed by atoms with Gasteiger partial charge in [-0.3, -0.25) is 20.1 Å². The van der Waals surface area contributed by atoms with Crippen LogP contribution in [0.4, 0.5) is 0 Å². The number of benzene rings is 1. The van der Waals surface area contributed by atoms with Crippen molar-refractivity contribution in [3.8, 4) is 11.5 Å². The van der Waals surface area contributed by atoms with E-state index >= 15 is 0 Å². The Morgan fingerprint density at radius 1 is 1.35 bits per heavy atom. The number of nitrogens with zero attached hydrogens (tertiary/aromatic N) is 2. The molecule has 2 atom stereocenters. The molecule has 1 saturated heterocycles. The van der Waals surface area contributed by atoms with Gasteiger partial charge in [0.05, 0.1) is 37.9 Å². The van der Waals surface area contributed by atoms with Crippen LogP contribution in [0, 0.1) is 5.41 Å². The van der Waals surface area contributed by atoms with Crippen molar-refractivity contribution in [3.05, 3.63) is 35.9 Å². The van der Waals surface area contributed by atoms with Crippen molar-refractivity contribution in [2.24, 2.45) is 4.99 Å². The van der Waals surface area contributed by atoms with Crippen molar-refractivity contribution < 1.29 is 14.3 Å². The molecule has 2 aliphatic rings. The summed E-state index contributed by atoms with van der Waals surface area (Å²) in [4.78, 5) is 18.5. The molecule has 2 aliphatic heterocycles. The summed E-state index contributed by atoms with van der Waals surface area (Å²) in [5.41, 5.74) is 1.01. The van der Waals surface area contributed by atoms with Crippen molar-refractivity contribution in [2.45, 2.75) is 31.3 Å². The van der Waals surface area contributed by atoms with E-state index in [2.05, 4.69) is 5.32 Å². The predicted molar refractivity (Wildman–Crippen MR) is 100 cm³/mol. The van der Waals surface area contributed by atoms with Crippen LogP contribution >= 0.6 is 0 Å². The zero-order valence-electron chi connectivity index (χ0n) is 15.5. The normalized spacial score (nSPS) is 25.6. The second-order valence-electron chi connectivity index (χ2n) is 6.76. The Morgan fingerprint density at radius 3 is 2.77 bits per heavy atom. The fourth-order valence-electron chi connectivity index (χ4n) is 3.31. The highest BCUT2D eigenvalue weighted by Gasteiger charge is 2.42. The number of guanidine groups is 1. The van der Waals surface area contributed by atoms with E-state index in [0.717, 1.165) is 17.0 Å². The second kappa shape index (κ2) is 6.82. The fraction of sp³-hybridized carbons (Fsp3) is 0.421. The van der Waals surface area contributed by atoms with Crippen LogP contribution in [0.25, 0.3) is 0 Å². The van der Waals surface area contributed by atoms with Gasteiger partial charge >= 0.3 is 0 Å². The van der Waals surface area contributed by atoms with Gasteiger partial charge in [-0.1, -0.05) is 6.08 Å². The van der Waals surface area contributed by atoms with Gasteiger partial charge in [-0.15, -0.1) is 0 Å². The quantitative estimate of drug-likeness (QED) is 0.863. The molecule has 26 heavy (non-hydrogen) atoms. The summed E-state index contributed by atoms with van der Waals surface area (Å²) in [6, 6.07) is 5.41. The Kier molecular flexibility index (Phi) is 4.71. The average Bonchev–Trinajstić information content (AvgIpc) is 2.65. The Balaban J connectivity index is 1.96. The standard InChI is InChI=1S/C19H24N4O3/c1-19(11-17(24)23(2)18(20)22-19)16-7-5-6-14(21-16)13-10-12(25-3)8-9-15(13)26-4/h5-6,8-10,16H,7,11H2,1-4H3,(H2,20,22)/t16?,19-/m0/s1. The molecule has 138 valence electrons. The number of rotatable bonds is 4. The maximum Gasteiger partial charge on any atom is 0.231 e. The first-order chi connectivity index (χ1) is 12.4. The smallest absolute Gasteiger partial charge is 0.231 e. The molecule has 7 nitrogen and oxygen atoms in total. The van der Waals surface area contributed by atoms with Gasteiger partial charge in [0.1, 0.15) is 11.5 Å².